The van der Waals surface area contributed by atoms with Gasteiger partial charge in [0.2, 0.25) is 0 Å². The number of para-hydroxylation sites is 1. The van der Waals surface area contributed by atoms with Crippen molar-refractivity contribution >= 4 is 0 Å². The van der Waals surface area contributed by atoms with E-state index in [9.17, 15) is 0 Å². The molecule has 0 fully saturated rings. The van der Waals surface area contributed by atoms with Crippen LogP contribution >= 0.6 is 0 Å². The van der Waals surface area contributed by atoms with Crippen LogP contribution in [0.5, 0.6) is 5.75 Å². The number of aliphatic hydroxyl groups is 1. The molecule has 98 valence electrons. The Morgan fingerprint density at radius 1 is 1.22 bits per heavy atom. The summed E-state index contributed by atoms with van der Waals surface area (Å²) in [4.78, 5) is 0. The van der Waals surface area contributed by atoms with E-state index in [-0.39, 0.29) is 6.61 Å². The van der Waals surface area contributed by atoms with Gasteiger partial charge in [0.25, 0.3) is 0 Å². The molecule has 0 atom stereocenters. The highest BCUT2D eigenvalue weighted by molar-refractivity contribution is 5.45. The van der Waals surface area contributed by atoms with Gasteiger partial charge in [0.15, 0.2) is 0 Å². The van der Waals surface area contributed by atoms with Gasteiger partial charge in [0.05, 0.1) is 12.2 Å². The summed E-state index contributed by atoms with van der Waals surface area (Å²) in [6, 6.07) is 7.52. The van der Waals surface area contributed by atoms with Gasteiger partial charge in [-0.25, -0.2) is 0 Å². The number of aliphatic hydroxyl groups excluding tert-OH is 1. The largest absolute Gasteiger partial charge is 0.490 e. The third-order valence-electron chi connectivity index (χ3n) is 2.13. The van der Waals surface area contributed by atoms with Gasteiger partial charge >= 0.3 is 0 Å². The van der Waals surface area contributed by atoms with E-state index >= 15 is 0 Å². The van der Waals surface area contributed by atoms with Crippen LogP contribution in [0.25, 0.3) is 0 Å². The van der Waals surface area contributed by atoms with Crippen molar-refractivity contribution in [2.24, 2.45) is 5.92 Å². The zero-order valence-electron chi connectivity index (χ0n) is 11.0. The predicted octanol–water partition coefficient (Wildman–Crippen LogP) is 2.08. The lowest BCUT2D eigenvalue weighted by molar-refractivity contribution is 0.0818. The average molecular weight is 248 g/mol. The van der Waals surface area contributed by atoms with E-state index in [0.717, 1.165) is 17.9 Å². The monoisotopic (exact) mass is 248 g/mol. The van der Waals surface area contributed by atoms with Crippen molar-refractivity contribution in [3.63, 3.8) is 0 Å². The first kappa shape index (κ1) is 14.6. The van der Waals surface area contributed by atoms with Crippen LogP contribution in [0.4, 0.5) is 0 Å². The zero-order valence-corrected chi connectivity index (χ0v) is 11.0. The molecule has 0 aromatic heterocycles. The van der Waals surface area contributed by atoms with Gasteiger partial charge in [-0.1, -0.05) is 37.8 Å². The average Bonchev–Trinajstić information content (AvgIpc) is 2.36. The van der Waals surface area contributed by atoms with Gasteiger partial charge in [-0.3, -0.25) is 0 Å². The molecular formula is C15H20O3. The molecule has 1 aromatic rings. The molecule has 0 radical (unpaired) electrons. The van der Waals surface area contributed by atoms with Crippen LogP contribution < -0.4 is 4.74 Å². The summed E-state index contributed by atoms with van der Waals surface area (Å²) in [5.41, 5.74) is 0.787. The van der Waals surface area contributed by atoms with E-state index in [0.29, 0.717) is 19.1 Å². The van der Waals surface area contributed by atoms with Gasteiger partial charge in [-0.2, -0.15) is 0 Å². The van der Waals surface area contributed by atoms with Crippen molar-refractivity contribution < 1.29 is 14.6 Å². The summed E-state index contributed by atoms with van der Waals surface area (Å²) in [6.45, 7) is 5.90. The minimum absolute atomic E-state index is 0.147. The van der Waals surface area contributed by atoms with Crippen LogP contribution in [-0.2, 0) is 4.74 Å². The van der Waals surface area contributed by atoms with Crippen molar-refractivity contribution in [2.45, 2.75) is 13.8 Å². The Morgan fingerprint density at radius 3 is 2.72 bits per heavy atom. The Balaban J connectivity index is 2.42. The molecule has 1 N–H and O–H groups in total. The molecular weight excluding hydrogens is 228 g/mol. The van der Waals surface area contributed by atoms with Gasteiger partial charge in [-0.05, 0) is 18.1 Å². The van der Waals surface area contributed by atoms with Crippen molar-refractivity contribution in [3.8, 4) is 17.6 Å². The highest BCUT2D eigenvalue weighted by Gasteiger charge is 2.00. The normalized spacial score (nSPS) is 10.0. The fraction of sp³-hybridized carbons (Fsp3) is 0.467. The lowest BCUT2D eigenvalue weighted by atomic mass is 10.2. The smallest absolute Gasteiger partial charge is 0.135 e. The maximum absolute atomic E-state index is 8.68. The number of benzene rings is 1. The lowest BCUT2D eigenvalue weighted by Crippen LogP contribution is -2.10. The number of hydrogen-bond acceptors (Lipinski definition) is 3. The van der Waals surface area contributed by atoms with E-state index < -0.39 is 0 Å². The highest BCUT2D eigenvalue weighted by Crippen LogP contribution is 2.16. The minimum atomic E-state index is -0.147. The van der Waals surface area contributed by atoms with E-state index in [1.807, 2.05) is 24.3 Å². The summed E-state index contributed by atoms with van der Waals surface area (Å²) in [6.07, 6.45) is 0. The Labute approximate surface area is 109 Å². The second-order valence-corrected chi connectivity index (χ2v) is 4.27. The van der Waals surface area contributed by atoms with Crippen LogP contribution in [0, 0.1) is 17.8 Å². The highest BCUT2D eigenvalue weighted by atomic mass is 16.5. The van der Waals surface area contributed by atoms with E-state index in [4.69, 9.17) is 14.6 Å². The fourth-order valence-electron chi connectivity index (χ4n) is 1.36. The first-order chi connectivity index (χ1) is 8.74. The lowest BCUT2D eigenvalue weighted by Gasteiger charge is -2.09. The summed E-state index contributed by atoms with van der Waals surface area (Å²) >= 11 is 0. The zero-order chi connectivity index (χ0) is 13.2. The predicted molar refractivity (Wildman–Crippen MR) is 71.6 cm³/mol. The summed E-state index contributed by atoms with van der Waals surface area (Å²) in [7, 11) is 0. The molecule has 18 heavy (non-hydrogen) atoms. The fourth-order valence-corrected chi connectivity index (χ4v) is 1.36. The second kappa shape index (κ2) is 8.57. The Hall–Kier alpha value is -1.50. The Kier molecular flexibility index (Phi) is 6.93. The molecule has 0 aliphatic rings. The van der Waals surface area contributed by atoms with Gasteiger partial charge in [0, 0.05) is 6.61 Å². The molecule has 1 rings (SSSR count). The maximum atomic E-state index is 8.68. The maximum Gasteiger partial charge on any atom is 0.135 e. The Bertz CT molecular complexity index is 402. The van der Waals surface area contributed by atoms with Crippen molar-refractivity contribution in [2.75, 3.05) is 26.4 Å². The quantitative estimate of drug-likeness (QED) is 0.619. The van der Waals surface area contributed by atoms with E-state index in [1.165, 1.54) is 0 Å². The van der Waals surface area contributed by atoms with Crippen LogP contribution in [-0.4, -0.2) is 31.5 Å². The molecule has 0 spiro atoms. The molecule has 0 saturated heterocycles. The molecule has 0 unspecified atom stereocenters. The third kappa shape index (κ3) is 5.72. The number of hydrogen-bond donors (Lipinski definition) is 1. The molecule has 0 bridgehead atoms. The topological polar surface area (TPSA) is 38.7 Å². The SMILES string of the molecule is CC(C)COCCOc1ccccc1C#CCO. The molecule has 1 aromatic carbocycles. The molecule has 0 aliphatic heterocycles. The van der Waals surface area contributed by atoms with Crippen LogP contribution in [0.1, 0.15) is 19.4 Å². The number of ether oxygens (including phenoxy) is 2. The van der Waals surface area contributed by atoms with Crippen LogP contribution in [0.2, 0.25) is 0 Å². The van der Waals surface area contributed by atoms with E-state index in [2.05, 4.69) is 25.7 Å². The van der Waals surface area contributed by atoms with Crippen molar-refractivity contribution in [1.29, 1.82) is 0 Å². The molecule has 3 heteroatoms. The first-order valence-electron chi connectivity index (χ1n) is 6.13. The summed E-state index contributed by atoms with van der Waals surface area (Å²) in [5.74, 6) is 6.74. The van der Waals surface area contributed by atoms with Gasteiger partial charge in [-0.15, -0.1) is 0 Å². The summed E-state index contributed by atoms with van der Waals surface area (Å²) in [5, 5.41) is 8.68. The van der Waals surface area contributed by atoms with Crippen LogP contribution in [0.15, 0.2) is 24.3 Å². The van der Waals surface area contributed by atoms with E-state index in [1.54, 1.807) is 0 Å². The Morgan fingerprint density at radius 2 is 2.00 bits per heavy atom. The molecule has 0 heterocycles. The second-order valence-electron chi connectivity index (χ2n) is 4.27. The van der Waals surface area contributed by atoms with Crippen molar-refractivity contribution in [3.05, 3.63) is 29.8 Å². The van der Waals surface area contributed by atoms with Gasteiger partial charge in [0.1, 0.15) is 19.0 Å². The first-order valence-corrected chi connectivity index (χ1v) is 6.13. The molecule has 0 amide bonds. The van der Waals surface area contributed by atoms with Crippen LogP contribution in [0.3, 0.4) is 0 Å². The summed E-state index contributed by atoms with van der Waals surface area (Å²) < 4.78 is 11.0. The molecule has 0 aliphatic carbocycles. The number of rotatable bonds is 6. The third-order valence-corrected chi connectivity index (χ3v) is 2.13. The minimum Gasteiger partial charge on any atom is -0.490 e. The van der Waals surface area contributed by atoms with Gasteiger partial charge < -0.3 is 14.6 Å². The van der Waals surface area contributed by atoms with Crippen molar-refractivity contribution in [1.82, 2.24) is 0 Å². The standard InChI is InChI=1S/C15H20O3/c1-13(2)12-17-10-11-18-15-8-4-3-6-14(15)7-5-9-16/h3-4,6,8,13,16H,9-12H2,1-2H3. The molecule has 3 nitrogen and oxygen atoms in total. The molecule has 0 saturated carbocycles.